The fraction of sp³-hybridized carbons (Fsp3) is 0.0435. The number of pyridine rings is 1. The Morgan fingerprint density at radius 3 is 2.57 bits per heavy atom. The van der Waals surface area contributed by atoms with Crippen molar-refractivity contribution >= 4 is 38.5 Å². The average molecular weight is 468 g/mol. The molecule has 0 saturated heterocycles. The van der Waals surface area contributed by atoms with Crippen molar-refractivity contribution in [1.82, 2.24) is 9.97 Å². The van der Waals surface area contributed by atoms with Gasteiger partial charge in [-0.25, -0.2) is 0 Å². The van der Waals surface area contributed by atoms with Crippen LogP contribution in [0.2, 0.25) is 0 Å². The maximum atomic E-state index is 12.9. The monoisotopic (exact) mass is 467 g/mol. The first kappa shape index (κ1) is 19.9. The van der Waals surface area contributed by atoms with Crippen molar-refractivity contribution < 1.29 is 13.2 Å². The first-order chi connectivity index (χ1) is 14.4. The number of nitrogens with zero attached hydrogens (tertiary/aromatic N) is 2. The minimum Gasteiger partial charge on any atom is -0.361 e. The highest BCUT2D eigenvalue weighted by atomic mass is 79.9. The van der Waals surface area contributed by atoms with Gasteiger partial charge in [-0.15, -0.1) is 0 Å². The molecule has 0 fully saturated rings. The summed E-state index contributed by atoms with van der Waals surface area (Å²) in [6, 6.07) is 14.6. The molecule has 0 atom stereocenters. The molecule has 3 nitrogen and oxygen atoms in total. The second-order valence-electron chi connectivity index (χ2n) is 6.60. The Balaban J connectivity index is 1.80. The second kappa shape index (κ2) is 7.81. The van der Waals surface area contributed by atoms with Gasteiger partial charge in [0.2, 0.25) is 0 Å². The van der Waals surface area contributed by atoms with E-state index in [-0.39, 0.29) is 0 Å². The number of aromatic nitrogens is 2. The van der Waals surface area contributed by atoms with Crippen molar-refractivity contribution in [2.75, 3.05) is 0 Å². The largest absolute Gasteiger partial charge is 0.416 e. The summed E-state index contributed by atoms with van der Waals surface area (Å²) in [4.78, 5) is 7.27. The molecule has 4 rings (SSSR count). The SMILES string of the molecule is N#C/C(=C\c1cnccc1-c1ccc(C(F)(F)F)cc1)c1c[nH]c2ccc(Br)cc12. The third kappa shape index (κ3) is 3.87. The number of hydrogen-bond acceptors (Lipinski definition) is 2. The molecule has 148 valence electrons. The van der Waals surface area contributed by atoms with E-state index in [1.165, 1.54) is 12.1 Å². The predicted octanol–water partition coefficient (Wildman–Crippen LogP) is 7.08. The fourth-order valence-corrected chi connectivity index (χ4v) is 3.63. The van der Waals surface area contributed by atoms with Gasteiger partial charge in [-0.05, 0) is 53.6 Å². The van der Waals surface area contributed by atoms with Crippen molar-refractivity contribution in [2.24, 2.45) is 0 Å². The van der Waals surface area contributed by atoms with E-state index in [0.29, 0.717) is 22.3 Å². The van der Waals surface area contributed by atoms with Gasteiger partial charge >= 0.3 is 6.18 Å². The van der Waals surface area contributed by atoms with Crippen LogP contribution >= 0.6 is 15.9 Å². The Morgan fingerprint density at radius 1 is 1.10 bits per heavy atom. The summed E-state index contributed by atoms with van der Waals surface area (Å²) in [6.45, 7) is 0. The van der Waals surface area contributed by atoms with Crippen molar-refractivity contribution in [3.8, 4) is 17.2 Å². The van der Waals surface area contributed by atoms with E-state index in [9.17, 15) is 18.4 Å². The molecule has 7 heteroatoms. The summed E-state index contributed by atoms with van der Waals surface area (Å²) >= 11 is 3.44. The van der Waals surface area contributed by atoms with E-state index in [2.05, 4.69) is 32.0 Å². The Kier molecular flexibility index (Phi) is 5.18. The highest BCUT2D eigenvalue weighted by Gasteiger charge is 2.30. The summed E-state index contributed by atoms with van der Waals surface area (Å²) in [5.41, 5.74) is 3.26. The van der Waals surface area contributed by atoms with Crippen molar-refractivity contribution in [1.29, 1.82) is 5.26 Å². The van der Waals surface area contributed by atoms with E-state index in [0.717, 1.165) is 33.1 Å². The number of rotatable bonds is 3. The van der Waals surface area contributed by atoms with Crippen LogP contribution in [0.1, 0.15) is 16.7 Å². The van der Waals surface area contributed by atoms with Crippen LogP contribution in [0, 0.1) is 11.3 Å². The normalized spacial score (nSPS) is 12.2. The van der Waals surface area contributed by atoms with E-state index >= 15 is 0 Å². The Morgan fingerprint density at radius 2 is 1.87 bits per heavy atom. The zero-order chi connectivity index (χ0) is 21.3. The Labute approximate surface area is 178 Å². The van der Waals surface area contributed by atoms with Gasteiger partial charge in [0, 0.05) is 45.1 Å². The minimum absolute atomic E-state index is 0.417. The number of halogens is 4. The minimum atomic E-state index is -4.39. The third-order valence-corrected chi connectivity index (χ3v) is 5.22. The average Bonchev–Trinajstić information content (AvgIpc) is 3.14. The molecule has 0 radical (unpaired) electrons. The molecule has 2 aromatic heterocycles. The summed E-state index contributed by atoms with van der Waals surface area (Å²) in [6.07, 6.45) is 2.23. The molecule has 0 aliphatic heterocycles. The Bertz CT molecular complexity index is 1300. The lowest BCUT2D eigenvalue weighted by Gasteiger charge is -2.10. The maximum absolute atomic E-state index is 12.9. The van der Waals surface area contributed by atoms with Crippen molar-refractivity contribution in [2.45, 2.75) is 6.18 Å². The highest BCUT2D eigenvalue weighted by molar-refractivity contribution is 9.10. The molecule has 0 aliphatic carbocycles. The maximum Gasteiger partial charge on any atom is 0.416 e. The van der Waals surface area contributed by atoms with Gasteiger partial charge in [0.1, 0.15) is 0 Å². The lowest BCUT2D eigenvalue weighted by atomic mass is 9.97. The van der Waals surface area contributed by atoms with Crippen molar-refractivity contribution in [3.05, 3.63) is 88.3 Å². The summed E-state index contributed by atoms with van der Waals surface area (Å²) in [5, 5.41) is 10.7. The van der Waals surface area contributed by atoms with E-state index in [4.69, 9.17) is 0 Å². The van der Waals surface area contributed by atoms with Crippen LogP contribution in [0.15, 0.2) is 71.6 Å². The molecule has 0 bridgehead atoms. The number of allylic oxidation sites excluding steroid dienone is 1. The number of H-pyrrole nitrogens is 1. The summed E-state index contributed by atoms with van der Waals surface area (Å²) < 4.78 is 39.5. The molecular formula is C23H13BrF3N3. The van der Waals surface area contributed by atoms with Crippen molar-refractivity contribution in [3.63, 3.8) is 0 Å². The zero-order valence-corrected chi connectivity index (χ0v) is 16.9. The highest BCUT2D eigenvalue weighted by Crippen LogP contribution is 2.33. The molecule has 2 heterocycles. The number of aromatic amines is 1. The van der Waals surface area contributed by atoms with Crippen LogP contribution in [-0.4, -0.2) is 9.97 Å². The smallest absolute Gasteiger partial charge is 0.361 e. The number of benzene rings is 2. The van der Waals surface area contributed by atoms with Crippen LogP contribution < -0.4 is 0 Å². The Hall–Kier alpha value is -3.37. The molecule has 0 saturated carbocycles. The second-order valence-corrected chi connectivity index (χ2v) is 7.52. The number of alkyl halides is 3. The molecule has 0 aliphatic rings. The molecule has 4 aromatic rings. The summed E-state index contributed by atoms with van der Waals surface area (Å²) in [7, 11) is 0. The zero-order valence-electron chi connectivity index (χ0n) is 15.3. The molecule has 0 spiro atoms. The van der Waals surface area contributed by atoms with Crippen LogP contribution in [-0.2, 0) is 6.18 Å². The number of nitriles is 1. The summed E-state index contributed by atoms with van der Waals surface area (Å²) in [5.74, 6) is 0. The standard InChI is InChI=1S/C23H13BrF3N3/c24-18-5-6-22-20(10-18)21(13-30-22)15(11-28)9-16-12-29-8-7-19(16)14-1-3-17(4-2-14)23(25,26)27/h1-10,12-13,30H/b15-9+. The van der Waals surface area contributed by atoms with Gasteiger partial charge < -0.3 is 4.98 Å². The first-order valence-corrected chi connectivity index (χ1v) is 9.66. The van der Waals surface area contributed by atoms with E-state index < -0.39 is 11.7 Å². The van der Waals surface area contributed by atoms with Gasteiger partial charge in [-0.2, -0.15) is 18.4 Å². The van der Waals surface area contributed by atoms with Crippen LogP contribution in [0.4, 0.5) is 13.2 Å². The number of hydrogen-bond donors (Lipinski definition) is 1. The fourth-order valence-electron chi connectivity index (χ4n) is 3.26. The lowest BCUT2D eigenvalue weighted by molar-refractivity contribution is -0.137. The molecule has 30 heavy (non-hydrogen) atoms. The topological polar surface area (TPSA) is 52.5 Å². The van der Waals surface area contributed by atoms with Gasteiger partial charge in [-0.1, -0.05) is 28.1 Å². The van der Waals surface area contributed by atoms with Crippen LogP contribution in [0.25, 0.3) is 33.7 Å². The van der Waals surface area contributed by atoms with Gasteiger partial charge in [0.15, 0.2) is 0 Å². The first-order valence-electron chi connectivity index (χ1n) is 8.87. The lowest BCUT2D eigenvalue weighted by Crippen LogP contribution is -2.04. The molecule has 1 N–H and O–H groups in total. The van der Waals surface area contributed by atoms with Gasteiger partial charge in [0.25, 0.3) is 0 Å². The molecule has 0 amide bonds. The number of nitrogens with one attached hydrogen (secondary N) is 1. The number of fused-ring (bicyclic) bond motifs is 1. The predicted molar refractivity (Wildman–Crippen MR) is 114 cm³/mol. The quantitative estimate of drug-likeness (QED) is 0.327. The van der Waals surface area contributed by atoms with Crippen LogP contribution in [0.5, 0.6) is 0 Å². The van der Waals surface area contributed by atoms with Gasteiger partial charge in [0.05, 0.1) is 17.2 Å². The molecular weight excluding hydrogens is 455 g/mol. The van der Waals surface area contributed by atoms with E-state index in [1.54, 1.807) is 30.7 Å². The van der Waals surface area contributed by atoms with Crippen LogP contribution in [0.3, 0.4) is 0 Å². The molecule has 2 aromatic carbocycles. The van der Waals surface area contributed by atoms with E-state index in [1.807, 2.05) is 18.2 Å². The third-order valence-electron chi connectivity index (χ3n) is 4.73. The van der Waals surface area contributed by atoms with Gasteiger partial charge in [-0.3, -0.25) is 4.98 Å². The molecule has 0 unspecified atom stereocenters.